The van der Waals surface area contributed by atoms with Gasteiger partial charge in [-0.25, -0.2) is 9.36 Å². The summed E-state index contributed by atoms with van der Waals surface area (Å²) in [6.07, 6.45) is 11.1. The minimum absolute atomic E-state index is 0.0920. The second-order valence-electron chi connectivity index (χ2n) is 7.84. The Morgan fingerprint density at radius 3 is 2.56 bits per heavy atom. The Morgan fingerprint density at radius 1 is 1.07 bits per heavy atom. The molecule has 1 amide bonds. The second-order valence-corrected chi connectivity index (χ2v) is 7.84. The molecule has 0 atom stereocenters. The summed E-state index contributed by atoms with van der Waals surface area (Å²) >= 11 is 0. The van der Waals surface area contributed by atoms with Gasteiger partial charge in [0.1, 0.15) is 0 Å². The Kier molecular flexibility index (Phi) is 5.36. The third-order valence-electron chi connectivity index (χ3n) is 5.93. The summed E-state index contributed by atoms with van der Waals surface area (Å²) in [4.78, 5) is 26.7. The molecule has 1 aliphatic heterocycles. The summed E-state index contributed by atoms with van der Waals surface area (Å²) in [5.74, 6) is 1.93. The van der Waals surface area contributed by atoms with E-state index in [0.717, 1.165) is 32.4 Å². The van der Waals surface area contributed by atoms with E-state index < -0.39 is 0 Å². The summed E-state index contributed by atoms with van der Waals surface area (Å²) in [6.45, 7) is 2.19. The monoisotopic (exact) mass is 369 g/mol. The number of carbonyl (C=O) groups is 1. The molecule has 0 radical (unpaired) electrons. The molecule has 0 N–H and O–H groups in total. The van der Waals surface area contributed by atoms with Crippen molar-refractivity contribution in [3.05, 3.63) is 40.9 Å². The van der Waals surface area contributed by atoms with Gasteiger partial charge in [0.05, 0.1) is 0 Å². The summed E-state index contributed by atoms with van der Waals surface area (Å²) in [5, 5.41) is 8.63. The van der Waals surface area contributed by atoms with Crippen LogP contribution < -0.4 is 5.56 Å². The van der Waals surface area contributed by atoms with Gasteiger partial charge in [0.15, 0.2) is 5.82 Å². The van der Waals surface area contributed by atoms with Crippen LogP contribution in [0.15, 0.2) is 35.4 Å². The molecule has 3 heterocycles. The molecular weight excluding hydrogens is 342 g/mol. The molecule has 144 valence electrons. The number of hydrogen-bond acceptors (Lipinski definition) is 4. The Hall–Kier alpha value is -2.44. The Balaban J connectivity index is 1.33. The van der Waals surface area contributed by atoms with Crippen molar-refractivity contribution in [1.82, 2.24) is 24.5 Å². The SMILES string of the molecule is O=C(CC1CCCC1)N1CCC(Cn2nc(-n3cccn3)ccc2=O)CC1. The van der Waals surface area contributed by atoms with Gasteiger partial charge in [-0.15, -0.1) is 5.10 Å². The van der Waals surface area contributed by atoms with E-state index in [1.54, 1.807) is 23.0 Å². The van der Waals surface area contributed by atoms with E-state index in [0.29, 0.717) is 30.1 Å². The molecule has 1 aliphatic carbocycles. The van der Waals surface area contributed by atoms with Crippen LogP contribution in [0.3, 0.4) is 0 Å². The molecule has 2 fully saturated rings. The maximum Gasteiger partial charge on any atom is 0.266 e. The fraction of sp³-hybridized carbons (Fsp3) is 0.600. The van der Waals surface area contributed by atoms with E-state index in [2.05, 4.69) is 10.2 Å². The summed E-state index contributed by atoms with van der Waals surface area (Å²) in [6, 6.07) is 5.07. The van der Waals surface area contributed by atoms with Crippen LogP contribution in [0.2, 0.25) is 0 Å². The van der Waals surface area contributed by atoms with Crippen molar-refractivity contribution in [2.45, 2.75) is 51.5 Å². The van der Waals surface area contributed by atoms with Crippen LogP contribution in [0.25, 0.3) is 5.82 Å². The van der Waals surface area contributed by atoms with E-state index in [-0.39, 0.29) is 5.56 Å². The molecule has 4 rings (SSSR count). The molecule has 1 saturated carbocycles. The molecule has 1 saturated heterocycles. The van der Waals surface area contributed by atoms with Crippen molar-refractivity contribution in [2.24, 2.45) is 11.8 Å². The highest BCUT2D eigenvalue weighted by Crippen LogP contribution is 2.29. The van der Waals surface area contributed by atoms with Crippen molar-refractivity contribution >= 4 is 5.91 Å². The fourth-order valence-corrected chi connectivity index (χ4v) is 4.30. The number of likely N-dealkylation sites (tertiary alicyclic amines) is 1. The molecular formula is C20H27N5O2. The van der Waals surface area contributed by atoms with Crippen molar-refractivity contribution < 1.29 is 4.79 Å². The van der Waals surface area contributed by atoms with Crippen molar-refractivity contribution in [2.75, 3.05) is 13.1 Å². The van der Waals surface area contributed by atoms with Crippen LogP contribution in [-0.2, 0) is 11.3 Å². The van der Waals surface area contributed by atoms with Gasteiger partial charge < -0.3 is 4.90 Å². The standard InChI is InChI=1S/C20H27N5O2/c26-19-7-6-18(24-11-3-10-21-24)22-25(19)15-17-8-12-23(13-9-17)20(27)14-16-4-1-2-5-16/h3,6-7,10-11,16-17H,1-2,4-5,8-9,12-15H2. The van der Waals surface area contributed by atoms with Gasteiger partial charge in [0.25, 0.3) is 5.56 Å². The Bertz CT molecular complexity index is 815. The summed E-state index contributed by atoms with van der Waals surface area (Å²) in [5.41, 5.74) is -0.0920. The van der Waals surface area contributed by atoms with Gasteiger partial charge in [0.2, 0.25) is 5.91 Å². The van der Waals surface area contributed by atoms with Crippen molar-refractivity contribution in [3.8, 4) is 5.82 Å². The van der Waals surface area contributed by atoms with Crippen molar-refractivity contribution in [1.29, 1.82) is 0 Å². The zero-order valence-corrected chi connectivity index (χ0v) is 15.7. The molecule has 0 aromatic carbocycles. The topological polar surface area (TPSA) is 73.0 Å². The van der Waals surface area contributed by atoms with Gasteiger partial charge in [-0.2, -0.15) is 5.10 Å². The third kappa shape index (κ3) is 4.28. The van der Waals surface area contributed by atoms with Crippen molar-refractivity contribution in [3.63, 3.8) is 0 Å². The lowest BCUT2D eigenvalue weighted by molar-refractivity contribution is -0.133. The molecule has 2 aliphatic rings. The van der Waals surface area contributed by atoms with E-state index in [9.17, 15) is 9.59 Å². The van der Waals surface area contributed by atoms with Crippen LogP contribution >= 0.6 is 0 Å². The molecule has 7 nitrogen and oxygen atoms in total. The van der Waals surface area contributed by atoms with Crippen LogP contribution in [0.1, 0.15) is 44.9 Å². The predicted octanol–water partition coefficient (Wildman–Crippen LogP) is 2.25. The number of nitrogens with zero attached hydrogens (tertiary/aromatic N) is 5. The highest BCUT2D eigenvalue weighted by molar-refractivity contribution is 5.76. The van der Waals surface area contributed by atoms with Gasteiger partial charge >= 0.3 is 0 Å². The first-order valence-corrected chi connectivity index (χ1v) is 10.0. The van der Waals surface area contributed by atoms with E-state index in [1.807, 2.05) is 17.2 Å². The van der Waals surface area contributed by atoms with E-state index in [4.69, 9.17) is 0 Å². The van der Waals surface area contributed by atoms with Gasteiger partial charge in [-0.1, -0.05) is 12.8 Å². The lowest BCUT2D eigenvalue weighted by Crippen LogP contribution is -2.40. The maximum absolute atomic E-state index is 12.5. The first kappa shape index (κ1) is 17.9. The van der Waals surface area contributed by atoms with E-state index >= 15 is 0 Å². The number of amides is 1. The normalized spacial score (nSPS) is 18.9. The summed E-state index contributed by atoms with van der Waals surface area (Å²) < 4.78 is 3.19. The molecule has 2 aromatic rings. The molecule has 2 aromatic heterocycles. The number of hydrogen-bond donors (Lipinski definition) is 0. The van der Waals surface area contributed by atoms with Crippen LogP contribution in [0.5, 0.6) is 0 Å². The summed E-state index contributed by atoms with van der Waals surface area (Å²) in [7, 11) is 0. The average Bonchev–Trinajstić information content (AvgIpc) is 3.38. The number of carbonyl (C=O) groups excluding carboxylic acids is 1. The fourth-order valence-electron chi connectivity index (χ4n) is 4.30. The number of aromatic nitrogens is 4. The Morgan fingerprint density at radius 2 is 1.85 bits per heavy atom. The lowest BCUT2D eigenvalue weighted by Gasteiger charge is -2.32. The third-order valence-corrected chi connectivity index (χ3v) is 5.93. The minimum Gasteiger partial charge on any atom is -0.343 e. The second kappa shape index (κ2) is 8.06. The highest BCUT2D eigenvalue weighted by Gasteiger charge is 2.26. The van der Waals surface area contributed by atoms with Gasteiger partial charge in [-0.05, 0) is 49.7 Å². The zero-order valence-electron chi connectivity index (χ0n) is 15.7. The molecule has 7 heteroatoms. The van der Waals surface area contributed by atoms with E-state index in [1.165, 1.54) is 30.4 Å². The molecule has 0 unspecified atom stereocenters. The molecule has 0 bridgehead atoms. The van der Waals surface area contributed by atoms with Gasteiger partial charge in [0, 0.05) is 44.5 Å². The van der Waals surface area contributed by atoms with Crippen LogP contribution in [0, 0.1) is 11.8 Å². The smallest absolute Gasteiger partial charge is 0.266 e. The number of rotatable bonds is 5. The largest absolute Gasteiger partial charge is 0.343 e. The average molecular weight is 369 g/mol. The number of piperidine rings is 1. The maximum atomic E-state index is 12.5. The Labute approximate surface area is 159 Å². The lowest BCUT2D eigenvalue weighted by atomic mass is 9.95. The first-order valence-electron chi connectivity index (χ1n) is 10.0. The van der Waals surface area contributed by atoms with Gasteiger partial charge in [-0.3, -0.25) is 9.59 Å². The van der Waals surface area contributed by atoms with Crippen LogP contribution in [-0.4, -0.2) is 43.5 Å². The highest BCUT2D eigenvalue weighted by atomic mass is 16.2. The molecule has 27 heavy (non-hydrogen) atoms. The predicted molar refractivity (Wildman–Crippen MR) is 101 cm³/mol. The minimum atomic E-state index is -0.0920. The molecule has 0 spiro atoms. The van der Waals surface area contributed by atoms with Crippen LogP contribution in [0.4, 0.5) is 0 Å². The first-order chi connectivity index (χ1) is 13.2. The quantitative estimate of drug-likeness (QED) is 0.810. The zero-order chi connectivity index (χ0) is 18.6.